The Hall–Kier alpha value is -2.63. The first-order valence-corrected chi connectivity index (χ1v) is 8.20. The topological polar surface area (TPSA) is 58.4 Å². The van der Waals surface area contributed by atoms with Gasteiger partial charge in [0.1, 0.15) is 0 Å². The molecule has 1 aromatic heterocycles. The highest BCUT2D eigenvalue weighted by atomic mass is 35.5. The molecule has 1 atom stereocenters. The maximum absolute atomic E-state index is 12.4. The van der Waals surface area contributed by atoms with Crippen LogP contribution in [0.15, 0.2) is 67.0 Å². The van der Waals surface area contributed by atoms with E-state index in [9.17, 15) is 9.90 Å². The Balaban J connectivity index is 1.67. The van der Waals surface area contributed by atoms with Crippen LogP contribution in [0.25, 0.3) is 5.69 Å². The number of aliphatic hydroxyl groups is 1. The molecule has 5 nitrogen and oxygen atoms in total. The molecule has 1 heterocycles. The van der Waals surface area contributed by atoms with E-state index in [1.807, 2.05) is 36.5 Å². The summed E-state index contributed by atoms with van der Waals surface area (Å²) in [6.07, 6.45) is 2.36. The Kier molecular flexibility index (Phi) is 5.16. The lowest BCUT2D eigenvalue weighted by Gasteiger charge is -2.21. The van der Waals surface area contributed by atoms with E-state index in [-0.39, 0.29) is 5.91 Å². The number of hydrogen-bond acceptors (Lipinski definition) is 3. The predicted molar refractivity (Wildman–Crippen MR) is 96.4 cm³/mol. The quantitative estimate of drug-likeness (QED) is 0.764. The molecule has 2 aromatic carbocycles. The smallest absolute Gasteiger partial charge is 0.256 e. The normalized spacial score (nSPS) is 12.0. The molecule has 0 saturated heterocycles. The van der Waals surface area contributed by atoms with Gasteiger partial charge in [-0.15, -0.1) is 0 Å². The van der Waals surface area contributed by atoms with E-state index in [0.29, 0.717) is 17.1 Å². The van der Waals surface area contributed by atoms with Gasteiger partial charge in [0.25, 0.3) is 5.91 Å². The number of benzene rings is 2. The molecule has 0 saturated carbocycles. The number of halogens is 1. The number of rotatable bonds is 5. The molecule has 0 radical (unpaired) electrons. The van der Waals surface area contributed by atoms with Crippen molar-refractivity contribution in [2.45, 2.75) is 12.6 Å². The molecule has 128 valence electrons. The van der Waals surface area contributed by atoms with Gasteiger partial charge >= 0.3 is 0 Å². The monoisotopic (exact) mass is 355 g/mol. The van der Waals surface area contributed by atoms with E-state index in [1.54, 1.807) is 42.2 Å². The van der Waals surface area contributed by atoms with E-state index in [1.165, 1.54) is 4.90 Å². The second-order valence-corrected chi connectivity index (χ2v) is 6.21. The molecule has 25 heavy (non-hydrogen) atoms. The molecule has 0 bridgehead atoms. The molecule has 0 fully saturated rings. The number of carbonyl (C=O) groups is 1. The Morgan fingerprint density at radius 2 is 2.00 bits per heavy atom. The summed E-state index contributed by atoms with van der Waals surface area (Å²) in [6.45, 7) is 0.399. The van der Waals surface area contributed by atoms with Crippen molar-refractivity contribution in [3.8, 4) is 5.69 Å². The minimum atomic E-state index is -1.23. The molecular formula is C19H18ClN3O2. The van der Waals surface area contributed by atoms with Crippen LogP contribution in [-0.2, 0) is 11.3 Å². The second-order valence-electron chi connectivity index (χ2n) is 5.77. The standard InChI is InChI=1S/C19H18ClN3O2/c1-22(19(25)18(24)15-4-2-5-16(20)12-15)13-14-6-8-17(9-7-14)23-11-3-10-21-23/h2-12,18,24H,13H2,1H3/t18-/m0/s1. The lowest BCUT2D eigenvalue weighted by atomic mass is 10.1. The fourth-order valence-corrected chi connectivity index (χ4v) is 2.75. The molecule has 1 N–H and O–H groups in total. The number of nitrogens with zero attached hydrogens (tertiary/aromatic N) is 3. The average molecular weight is 356 g/mol. The molecule has 3 aromatic rings. The third kappa shape index (κ3) is 4.07. The molecule has 6 heteroatoms. The maximum Gasteiger partial charge on any atom is 0.256 e. The zero-order chi connectivity index (χ0) is 17.8. The third-order valence-corrected chi connectivity index (χ3v) is 4.13. The van der Waals surface area contributed by atoms with Gasteiger partial charge in [0, 0.05) is 31.0 Å². The van der Waals surface area contributed by atoms with Crippen LogP contribution in [-0.4, -0.2) is 32.7 Å². The SMILES string of the molecule is CN(Cc1ccc(-n2cccn2)cc1)C(=O)[C@@H](O)c1cccc(Cl)c1. The van der Waals surface area contributed by atoms with Crippen molar-refractivity contribution >= 4 is 17.5 Å². The number of amides is 1. The number of aliphatic hydroxyl groups excluding tert-OH is 1. The van der Waals surface area contributed by atoms with Gasteiger partial charge in [-0.25, -0.2) is 4.68 Å². The van der Waals surface area contributed by atoms with Gasteiger partial charge in [-0.05, 0) is 41.5 Å². The number of aromatic nitrogens is 2. The van der Waals surface area contributed by atoms with Crippen LogP contribution in [0.1, 0.15) is 17.2 Å². The van der Waals surface area contributed by atoms with Gasteiger partial charge in [0.05, 0.1) is 5.69 Å². The summed E-state index contributed by atoms with van der Waals surface area (Å²) in [5, 5.41) is 14.9. The van der Waals surface area contributed by atoms with Crippen molar-refractivity contribution in [1.29, 1.82) is 0 Å². The van der Waals surface area contributed by atoms with Crippen LogP contribution >= 0.6 is 11.6 Å². The van der Waals surface area contributed by atoms with Gasteiger partial charge in [-0.1, -0.05) is 35.9 Å². The first kappa shape index (κ1) is 17.2. The van der Waals surface area contributed by atoms with Crippen LogP contribution in [0, 0.1) is 0 Å². The Labute approximate surface area is 151 Å². The summed E-state index contributed by atoms with van der Waals surface area (Å²) >= 11 is 5.92. The summed E-state index contributed by atoms with van der Waals surface area (Å²) in [6, 6.07) is 16.3. The lowest BCUT2D eigenvalue weighted by Crippen LogP contribution is -2.31. The zero-order valence-corrected chi connectivity index (χ0v) is 14.5. The Bertz CT molecular complexity index is 847. The van der Waals surface area contributed by atoms with Gasteiger partial charge in [0.2, 0.25) is 0 Å². The average Bonchev–Trinajstić information content (AvgIpc) is 3.15. The van der Waals surface area contributed by atoms with Crippen molar-refractivity contribution in [2.75, 3.05) is 7.05 Å². The second kappa shape index (κ2) is 7.51. The minimum absolute atomic E-state index is 0.376. The summed E-state index contributed by atoms with van der Waals surface area (Å²) in [5.74, 6) is -0.376. The first-order valence-electron chi connectivity index (χ1n) is 7.82. The van der Waals surface area contributed by atoms with Crippen LogP contribution < -0.4 is 0 Å². The van der Waals surface area contributed by atoms with E-state index in [4.69, 9.17) is 11.6 Å². The van der Waals surface area contributed by atoms with E-state index in [2.05, 4.69) is 5.10 Å². The van der Waals surface area contributed by atoms with E-state index >= 15 is 0 Å². The fourth-order valence-electron chi connectivity index (χ4n) is 2.56. The van der Waals surface area contributed by atoms with Crippen molar-refractivity contribution < 1.29 is 9.90 Å². The zero-order valence-electron chi connectivity index (χ0n) is 13.7. The molecule has 0 aliphatic heterocycles. The van der Waals surface area contributed by atoms with Gasteiger partial charge < -0.3 is 10.0 Å². The molecule has 0 aliphatic rings. The van der Waals surface area contributed by atoms with E-state index < -0.39 is 6.10 Å². The van der Waals surface area contributed by atoms with E-state index in [0.717, 1.165) is 11.3 Å². The predicted octanol–water partition coefficient (Wildman–Crippen LogP) is 3.22. The lowest BCUT2D eigenvalue weighted by molar-refractivity contribution is -0.139. The van der Waals surface area contributed by atoms with Gasteiger partial charge in [-0.2, -0.15) is 5.10 Å². The van der Waals surface area contributed by atoms with Gasteiger partial charge in [0.15, 0.2) is 6.10 Å². The van der Waals surface area contributed by atoms with Crippen LogP contribution in [0.4, 0.5) is 0 Å². The first-order chi connectivity index (χ1) is 12.0. The van der Waals surface area contributed by atoms with Crippen LogP contribution in [0.3, 0.4) is 0 Å². The molecule has 0 unspecified atom stereocenters. The number of likely N-dealkylation sites (N-methyl/N-ethyl adjacent to an activating group) is 1. The summed E-state index contributed by atoms with van der Waals surface area (Å²) < 4.78 is 1.77. The van der Waals surface area contributed by atoms with Crippen molar-refractivity contribution in [3.05, 3.63) is 83.1 Å². The number of hydrogen-bond donors (Lipinski definition) is 1. The highest BCUT2D eigenvalue weighted by Crippen LogP contribution is 2.20. The summed E-state index contributed by atoms with van der Waals surface area (Å²) in [4.78, 5) is 13.9. The minimum Gasteiger partial charge on any atom is -0.378 e. The largest absolute Gasteiger partial charge is 0.378 e. The van der Waals surface area contributed by atoms with Crippen molar-refractivity contribution in [1.82, 2.24) is 14.7 Å². The Morgan fingerprint density at radius 1 is 1.24 bits per heavy atom. The van der Waals surface area contributed by atoms with Crippen LogP contribution in [0.5, 0.6) is 0 Å². The summed E-state index contributed by atoms with van der Waals surface area (Å²) in [7, 11) is 1.66. The molecule has 0 spiro atoms. The fraction of sp³-hybridized carbons (Fsp3) is 0.158. The van der Waals surface area contributed by atoms with Crippen LogP contribution in [0.2, 0.25) is 5.02 Å². The maximum atomic E-state index is 12.4. The highest BCUT2D eigenvalue weighted by Gasteiger charge is 2.21. The van der Waals surface area contributed by atoms with Crippen molar-refractivity contribution in [2.24, 2.45) is 0 Å². The number of carbonyl (C=O) groups excluding carboxylic acids is 1. The molecular weight excluding hydrogens is 338 g/mol. The molecule has 3 rings (SSSR count). The highest BCUT2D eigenvalue weighted by molar-refractivity contribution is 6.30. The van der Waals surface area contributed by atoms with Crippen molar-refractivity contribution in [3.63, 3.8) is 0 Å². The third-order valence-electron chi connectivity index (χ3n) is 3.90. The Morgan fingerprint density at radius 3 is 2.64 bits per heavy atom. The molecule has 1 amide bonds. The summed E-state index contributed by atoms with van der Waals surface area (Å²) in [5.41, 5.74) is 2.39. The molecule has 0 aliphatic carbocycles. The van der Waals surface area contributed by atoms with Gasteiger partial charge in [-0.3, -0.25) is 4.79 Å².